The summed E-state index contributed by atoms with van der Waals surface area (Å²) in [4.78, 5) is 17.8. The van der Waals surface area contributed by atoms with Crippen LogP contribution in [0.3, 0.4) is 0 Å². The summed E-state index contributed by atoms with van der Waals surface area (Å²) in [5, 5.41) is 0. The number of methoxy groups -OCH3 is 2. The zero-order chi connectivity index (χ0) is 19.4. The van der Waals surface area contributed by atoms with Crippen LogP contribution in [0.2, 0.25) is 4.34 Å². The normalized spacial score (nSPS) is 17.1. The average molecular weight is 409 g/mol. The van der Waals surface area contributed by atoms with Crippen molar-refractivity contribution in [1.82, 2.24) is 9.80 Å². The smallest absolute Gasteiger partial charge is 0.236 e. The molecule has 3 rings (SSSR count). The molecule has 1 aliphatic heterocycles. The van der Waals surface area contributed by atoms with Crippen LogP contribution in [0.25, 0.3) is 0 Å². The number of likely N-dealkylation sites (tertiary alicyclic amines) is 1. The van der Waals surface area contributed by atoms with E-state index < -0.39 is 0 Å². The molecule has 1 aliphatic rings. The molecule has 1 amide bonds. The zero-order valence-corrected chi connectivity index (χ0v) is 17.5. The molecule has 1 unspecified atom stereocenters. The molecule has 27 heavy (non-hydrogen) atoms. The van der Waals surface area contributed by atoms with Gasteiger partial charge in [0.25, 0.3) is 0 Å². The first-order valence-electron chi connectivity index (χ1n) is 8.96. The molecule has 0 spiro atoms. The topological polar surface area (TPSA) is 42.0 Å². The number of hydrogen-bond donors (Lipinski definition) is 0. The number of benzene rings is 1. The van der Waals surface area contributed by atoms with E-state index in [1.165, 1.54) is 11.3 Å². The maximum Gasteiger partial charge on any atom is 0.236 e. The van der Waals surface area contributed by atoms with Crippen LogP contribution in [0.5, 0.6) is 11.5 Å². The van der Waals surface area contributed by atoms with Gasteiger partial charge in [0.1, 0.15) is 11.5 Å². The summed E-state index contributed by atoms with van der Waals surface area (Å²) in [5.41, 5.74) is 1.11. The van der Waals surface area contributed by atoms with Crippen molar-refractivity contribution in [1.29, 1.82) is 0 Å². The largest absolute Gasteiger partial charge is 0.497 e. The third-order valence-corrected chi connectivity index (χ3v) is 6.17. The van der Waals surface area contributed by atoms with Gasteiger partial charge >= 0.3 is 0 Å². The highest BCUT2D eigenvalue weighted by Crippen LogP contribution is 2.38. The van der Waals surface area contributed by atoms with Gasteiger partial charge < -0.3 is 14.4 Å². The minimum atomic E-state index is 0.110. The molecule has 1 aromatic carbocycles. The molecular weight excluding hydrogens is 384 g/mol. The maximum atomic E-state index is 12.7. The van der Waals surface area contributed by atoms with Gasteiger partial charge in [-0.3, -0.25) is 9.69 Å². The molecule has 5 nitrogen and oxygen atoms in total. The molecular formula is C20H25ClN2O3S. The quantitative estimate of drug-likeness (QED) is 0.688. The molecule has 1 saturated heterocycles. The Labute approximate surface area is 169 Å². The van der Waals surface area contributed by atoms with Gasteiger partial charge in [-0.2, -0.15) is 0 Å². The van der Waals surface area contributed by atoms with Crippen molar-refractivity contribution in [2.75, 3.05) is 34.4 Å². The van der Waals surface area contributed by atoms with Crippen molar-refractivity contribution in [3.05, 3.63) is 45.1 Å². The van der Waals surface area contributed by atoms with Crippen LogP contribution in [0.15, 0.2) is 30.3 Å². The molecule has 0 saturated carbocycles. The lowest BCUT2D eigenvalue weighted by atomic mass is 10.0. The van der Waals surface area contributed by atoms with Crippen LogP contribution >= 0.6 is 22.9 Å². The Balaban J connectivity index is 1.68. The third-order valence-electron chi connectivity index (χ3n) is 4.95. The fraction of sp³-hybridized carbons (Fsp3) is 0.450. The van der Waals surface area contributed by atoms with Crippen molar-refractivity contribution in [2.24, 2.45) is 0 Å². The Morgan fingerprint density at radius 3 is 2.78 bits per heavy atom. The van der Waals surface area contributed by atoms with Crippen molar-refractivity contribution >= 4 is 28.8 Å². The predicted molar refractivity (Wildman–Crippen MR) is 109 cm³/mol. The number of carbonyl (C=O) groups excluding carboxylic acids is 1. The lowest BCUT2D eigenvalue weighted by Crippen LogP contribution is -2.37. The summed E-state index contributed by atoms with van der Waals surface area (Å²) in [5.74, 6) is 1.68. The molecule has 0 aliphatic carbocycles. The van der Waals surface area contributed by atoms with Gasteiger partial charge in [-0.25, -0.2) is 0 Å². The molecule has 1 fully saturated rings. The van der Waals surface area contributed by atoms with Crippen molar-refractivity contribution in [2.45, 2.75) is 25.4 Å². The second kappa shape index (κ2) is 8.95. The van der Waals surface area contributed by atoms with Gasteiger partial charge in [0, 0.05) is 29.6 Å². The summed E-state index contributed by atoms with van der Waals surface area (Å²) in [6.07, 6.45) is 2.08. The number of likely N-dealkylation sites (N-methyl/N-ethyl adjacent to an activating group) is 1. The number of ether oxygens (including phenoxy) is 2. The van der Waals surface area contributed by atoms with Gasteiger partial charge in [-0.1, -0.05) is 17.7 Å². The summed E-state index contributed by atoms with van der Waals surface area (Å²) in [6, 6.07) is 9.91. The van der Waals surface area contributed by atoms with E-state index in [0.717, 1.165) is 45.7 Å². The monoisotopic (exact) mass is 408 g/mol. The highest BCUT2D eigenvalue weighted by Gasteiger charge is 2.30. The minimum absolute atomic E-state index is 0.110. The van der Waals surface area contributed by atoms with E-state index in [9.17, 15) is 4.79 Å². The van der Waals surface area contributed by atoms with E-state index in [2.05, 4.69) is 4.90 Å². The van der Waals surface area contributed by atoms with Crippen molar-refractivity contribution < 1.29 is 14.3 Å². The standard InChI is InChI=1S/C20H25ClN2O3S/c1-22(12-15-7-9-19(21)27-15)20(24)13-23-10-4-5-17(23)16-8-6-14(25-2)11-18(16)26-3/h6-9,11,17H,4-5,10,12-13H2,1-3H3. The molecule has 2 aromatic rings. The molecule has 1 aromatic heterocycles. The zero-order valence-electron chi connectivity index (χ0n) is 15.9. The summed E-state index contributed by atoms with van der Waals surface area (Å²) in [7, 11) is 5.16. The fourth-order valence-electron chi connectivity index (χ4n) is 3.51. The van der Waals surface area contributed by atoms with E-state index in [4.69, 9.17) is 21.1 Å². The number of hydrogen-bond acceptors (Lipinski definition) is 5. The van der Waals surface area contributed by atoms with Gasteiger partial charge in [-0.15, -0.1) is 11.3 Å². The molecule has 0 N–H and O–H groups in total. The van der Waals surface area contributed by atoms with E-state index >= 15 is 0 Å². The van der Waals surface area contributed by atoms with Crippen molar-refractivity contribution in [3.63, 3.8) is 0 Å². The lowest BCUT2D eigenvalue weighted by molar-refractivity contribution is -0.131. The summed E-state index contributed by atoms with van der Waals surface area (Å²) in [6.45, 7) is 1.89. The van der Waals surface area contributed by atoms with Gasteiger partial charge in [0.15, 0.2) is 0 Å². The number of halogens is 1. The Kier molecular flexibility index (Phi) is 6.63. The second-order valence-electron chi connectivity index (χ2n) is 6.69. The van der Waals surface area contributed by atoms with E-state index in [0.29, 0.717) is 13.1 Å². The van der Waals surface area contributed by atoms with E-state index in [1.54, 1.807) is 19.1 Å². The first-order chi connectivity index (χ1) is 13.0. The Bertz CT molecular complexity index is 795. The predicted octanol–water partition coefficient (Wildman–Crippen LogP) is 4.21. The van der Waals surface area contributed by atoms with E-state index in [1.807, 2.05) is 37.4 Å². The van der Waals surface area contributed by atoms with Crippen LogP contribution in [0.4, 0.5) is 0 Å². The van der Waals surface area contributed by atoms with Gasteiger partial charge in [0.2, 0.25) is 5.91 Å². The van der Waals surface area contributed by atoms with Crippen LogP contribution in [-0.4, -0.2) is 50.1 Å². The van der Waals surface area contributed by atoms with Gasteiger partial charge in [0.05, 0.1) is 31.6 Å². The Morgan fingerprint density at radius 1 is 1.30 bits per heavy atom. The van der Waals surface area contributed by atoms with Crippen LogP contribution < -0.4 is 9.47 Å². The lowest BCUT2D eigenvalue weighted by Gasteiger charge is -2.27. The van der Waals surface area contributed by atoms with Crippen LogP contribution in [0.1, 0.15) is 29.3 Å². The second-order valence-corrected chi connectivity index (χ2v) is 8.49. The fourth-order valence-corrected chi connectivity index (χ4v) is 4.66. The number of amides is 1. The van der Waals surface area contributed by atoms with E-state index in [-0.39, 0.29) is 11.9 Å². The number of rotatable bonds is 7. The molecule has 1 atom stereocenters. The number of thiophene rings is 1. The SMILES string of the molecule is COc1ccc(C2CCCN2CC(=O)N(C)Cc2ccc(Cl)s2)c(OC)c1. The molecule has 146 valence electrons. The number of carbonyl (C=O) groups is 1. The summed E-state index contributed by atoms with van der Waals surface area (Å²) >= 11 is 7.50. The Morgan fingerprint density at radius 2 is 2.11 bits per heavy atom. The molecule has 0 bridgehead atoms. The Hall–Kier alpha value is -1.76. The van der Waals surface area contributed by atoms with Gasteiger partial charge in [-0.05, 0) is 37.6 Å². The first-order valence-corrected chi connectivity index (χ1v) is 10.2. The molecule has 2 heterocycles. The average Bonchev–Trinajstić information content (AvgIpc) is 3.29. The third kappa shape index (κ3) is 4.75. The highest BCUT2D eigenvalue weighted by atomic mass is 35.5. The maximum absolute atomic E-state index is 12.7. The number of nitrogens with zero attached hydrogens (tertiary/aromatic N) is 2. The van der Waals surface area contributed by atoms with Crippen LogP contribution in [-0.2, 0) is 11.3 Å². The van der Waals surface area contributed by atoms with Crippen molar-refractivity contribution in [3.8, 4) is 11.5 Å². The molecule has 0 radical (unpaired) electrons. The summed E-state index contributed by atoms with van der Waals surface area (Å²) < 4.78 is 11.6. The molecule has 7 heteroatoms. The first kappa shape index (κ1) is 20.0. The minimum Gasteiger partial charge on any atom is -0.497 e. The van der Waals surface area contributed by atoms with Crippen LogP contribution in [0, 0.1) is 0 Å². The highest BCUT2D eigenvalue weighted by molar-refractivity contribution is 7.16.